The maximum atomic E-state index is 11.3. The summed E-state index contributed by atoms with van der Waals surface area (Å²) in [4.78, 5) is 16.1. The summed E-state index contributed by atoms with van der Waals surface area (Å²) < 4.78 is 5.11. The second-order valence-corrected chi connectivity index (χ2v) is 8.56. The van der Waals surface area contributed by atoms with Crippen LogP contribution in [0.3, 0.4) is 0 Å². The summed E-state index contributed by atoms with van der Waals surface area (Å²) in [6.07, 6.45) is 6.57. The molecule has 162 valence electrons. The first-order chi connectivity index (χ1) is 12.8. The Morgan fingerprint density at radius 1 is 0.926 bits per heavy atom. The van der Waals surface area contributed by atoms with Gasteiger partial charge in [0.15, 0.2) is 0 Å². The van der Waals surface area contributed by atoms with Crippen molar-refractivity contribution in [3.05, 3.63) is 0 Å². The van der Waals surface area contributed by atoms with E-state index in [1.807, 2.05) is 27.7 Å². The Labute approximate surface area is 170 Å². The van der Waals surface area contributed by atoms with Gasteiger partial charge in [-0.05, 0) is 71.8 Å². The molecule has 0 aromatic carbocycles. The summed E-state index contributed by atoms with van der Waals surface area (Å²) in [6, 6.07) is 0.866. The minimum atomic E-state index is 0.173. The lowest BCUT2D eigenvalue weighted by Crippen LogP contribution is -2.29. The van der Waals surface area contributed by atoms with Gasteiger partial charge in [0.2, 0.25) is 0 Å². The van der Waals surface area contributed by atoms with Crippen molar-refractivity contribution in [2.45, 2.75) is 79.7 Å². The van der Waals surface area contributed by atoms with Crippen molar-refractivity contribution in [2.75, 3.05) is 46.9 Å². The van der Waals surface area contributed by atoms with E-state index in [1.54, 1.807) is 0 Å². The molecule has 3 heterocycles. The van der Waals surface area contributed by atoms with Crippen molar-refractivity contribution >= 4 is 5.78 Å². The van der Waals surface area contributed by atoms with E-state index in [0.29, 0.717) is 12.4 Å². The molecule has 0 spiro atoms. The fourth-order valence-electron chi connectivity index (χ4n) is 3.88. The topological polar surface area (TPSA) is 32.8 Å². The van der Waals surface area contributed by atoms with Gasteiger partial charge in [-0.2, -0.15) is 0 Å². The first kappa shape index (κ1) is 26.6. The van der Waals surface area contributed by atoms with Gasteiger partial charge in [0, 0.05) is 24.5 Å². The lowest BCUT2D eigenvalue weighted by atomic mass is 9.95. The summed E-state index contributed by atoms with van der Waals surface area (Å²) in [5, 5.41) is 0. The highest BCUT2D eigenvalue weighted by molar-refractivity contribution is 5.83. The molecule has 0 bridgehead atoms. The molecule has 3 aliphatic rings. The summed E-state index contributed by atoms with van der Waals surface area (Å²) in [5.41, 5.74) is 0. The van der Waals surface area contributed by atoms with E-state index in [-0.39, 0.29) is 11.8 Å². The summed E-state index contributed by atoms with van der Waals surface area (Å²) in [7, 11) is 4.41. The number of Topliss-reactive ketones (excluding diaryl/α,β-unsaturated/α-hetero) is 1. The quantitative estimate of drug-likeness (QED) is 0.705. The summed E-state index contributed by atoms with van der Waals surface area (Å²) in [6.45, 7) is 17.9. The molecule has 3 rings (SSSR count). The molecule has 0 N–H and O–H groups in total. The second-order valence-electron chi connectivity index (χ2n) is 8.56. The smallest absolute Gasteiger partial charge is 0.140 e. The van der Waals surface area contributed by atoms with Gasteiger partial charge in [0.25, 0.3) is 0 Å². The number of hydrogen-bond acceptors (Lipinski definition) is 4. The molecule has 4 heteroatoms. The van der Waals surface area contributed by atoms with Gasteiger partial charge >= 0.3 is 0 Å². The number of nitrogens with zero attached hydrogens (tertiary/aromatic N) is 2. The van der Waals surface area contributed by atoms with Gasteiger partial charge in [-0.1, -0.05) is 41.5 Å². The van der Waals surface area contributed by atoms with Gasteiger partial charge in [-0.25, -0.2) is 0 Å². The first-order valence-corrected chi connectivity index (χ1v) is 11.3. The number of rotatable bonds is 3. The fourth-order valence-corrected chi connectivity index (χ4v) is 3.88. The lowest BCUT2D eigenvalue weighted by molar-refractivity contribution is -0.125. The minimum absolute atomic E-state index is 0.173. The van der Waals surface area contributed by atoms with E-state index in [1.165, 1.54) is 45.3 Å². The molecule has 27 heavy (non-hydrogen) atoms. The molecule has 4 nitrogen and oxygen atoms in total. The third-order valence-electron chi connectivity index (χ3n) is 5.58. The average molecular weight is 385 g/mol. The lowest BCUT2D eigenvalue weighted by Gasteiger charge is -2.22. The number of carbonyl (C=O) groups is 1. The Morgan fingerprint density at radius 3 is 1.78 bits per heavy atom. The van der Waals surface area contributed by atoms with E-state index in [4.69, 9.17) is 4.74 Å². The predicted molar refractivity (Wildman–Crippen MR) is 117 cm³/mol. The Morgan fingerprint density at radius 2 is 1.52 bits per heavy atom. The van der Waals surface area contributed by atoms with E-state index in [9.17, 15) is 4.79 Å². The Kier molecular flexibility index (Phi) is 15.2. The highest BCUT2D eigenvalue weighted by atomic mass is 16.5. The molecule has 2 atom stereocenters. The van der Waals surface area contributed by atoms with Crippen LogP contribution >= 0.6 is 0 Å². The zero-order valence-electron chi connectivity index (χ0n) is 19.6. The van der Waals surface area contributed by atoms with E-state index in [0.717, 1.165) is 25.0 Å². The number of ether oxygens (including phenoxy) is 1. The largest absolute Gasteiger partial charge is 0.381 e. The van der Waals surface area contributed by atoms with Crippen LogP contribution in [0.2, 0.25) is 0 Å². The maximum absolute atomic E-state index is 11.3. The van der Waals surface area contributed by atoms with Crippen LogP contribution in [0, 0.1) is 17.8 Å². The van der Waals surface area contributed by atoms with Crippen molar-refractivity contribution in [1.29, 1.82) is 0 Å². The van der Waals surface area contributed by atoms with Gasteiger partial charge < -0.3 is 14.5 Å². The third-order valence-corrected chi connectivity index (χ3v) is 5.58. The molecule has 0 aromatic rings. The summed E-state index contributed by atoms with van der Waals surface area (Å²) in [5.74, 6) is 1.57. The molecule has 3 aliphatic heterocycles. The number of ketones is 1. The van der Waals surface area contributed by atoms with E-state index in [2.05, 4.69) is 37.7 Å². The molecule has 0 amide bonds. The van der Waals surface area contributed by atoms with Gasteiger partial charge in [-0.15, -0.1) is 0 Å². The summed E-state index contributed by atoms with van der Waals surface area (Å²) >= 11 is 0. The molecule has 3 saturated heterocycles. The Balaban J connectivity index is 0.000000368. The molecular formula is C23H48N2O2. The molecular weight excluding hydrogens is 336 g/mol. The monoisotopic (exact) mass is 384 g/mol. The normalized spacial score (nSPS) is 25.4. The van der Waals surface area contributed by atoms with Crippen LogP contribution in [-0.2, 0) is 9.53 Å². The van der Waals surface area contributed by atoms with Crippen LogP contribution in [0.25, 0.3) is 0 Å². The number of likely N-dealkylation sites (tertiary alicyclic amines) is 2. The molecule has 0 aliphatic carbocycles. The van der Waals surface area contributed by atoms with Crippen LogP contribution in [0.15, 0.2) is 0 Å². The average Bonchev–Trinajstić information content (AvgIpc) is 3.39. The van der Waals surface area contributed by atoms with Crippen LogP contribution < -0.4 is 0 Å². The van der Waals surface area contributed by atoms with Crippen LogP contribution in [0.5, 0.6) is 0 Å². The van der Waals surface area contributed by atoms with Crippen molar-refractivity contribution < 1.29 is 9.53 Å². The van der Waals surface area contributed by atoms with Crippen LogP contribution in [-0.4, -0.2) is 68.6 Å². The van der Waals surface area contributed by atoms with Crippen molar-refractivity contribution in [3.8, 4) is 0 Å². The number of hydrogen-bond donors (Lipinski definition) is 0. The second kappa shape index (κ2) is 15.5. The third kappa shape index (κ3) is 11.2. The van der Waals surface area contributed by atoms with Crippen molar-refractivity contribution in [3.63, 3.8) is 0 Å². The molecule has 0 saturated carbocycles. The molecule has 0 radical (unpaired) electrons. The van der Waals surface area contributed by atoms with Gasteiger partial charge in [-0.3, -0.25) is 4.79 Å². The SMILES string of the molecule is CC.CC(C)C(=O)C1CCOC1.CC(C)C1CCCN1C.CN1CCCC1. The minimum Gasteiger partial charge on any atom is -0.381 e. The van der Waals surface area contributed by atoms with E-state index < -0.39 is 0 Å². The van der Waals surface area contributed by atoms with Crippen LogP contribution in [0.1, 0.15) is 73.6 Å². The zero-order chi connectivity index (χ0) is 20.8. The molecule has 0 aromatic heterocycles. The first-order valence-electron chi connectivity index (χ1n) is 11.3. The predicted octanol–water partition coefficient (Wildman–Crippen LogP) is 4.72. The fraction of sp³-hybridized carbons (Fsp3) is 0.957. The van der Waals surface area contributed by atoms with Crippen LogP contribution in [0.4, 0.5) is 0 Å². The Bertz CT molecular complexity index is 359. The zero-order valence-corrected chi connectivity index (χ0v) is 19.6. The van der Waals surface area contributed by atoms with Crippen molar-refractivity contribution in [1.82, 2.24) is 9.80 Å². The maximum Gasteiger partial charge on any atom is 0.140 e. The Hall–Kier alpha value is -0.450. The highest BCUT2D eigenvalue weighted by Gasteiger charge is 2.25. The molecule has 2 unspecified atom stereocenters. The highest BCUT2D eigenvalue weighted by Crippen LogP contribution is 2.21. The van der Waals surface area contributed by atoms with Gasteiger partial charge in [0.05, 0.1) is 6.61 Å². The van der Waals surface area contributed by atoms with E-state index >= 15 is 0 Å². The standard InChI is InChI=1S/C8H17N.C8H14O2.C5H11N.C2H6/c1-7(2)8-5-4-6-9(8)3;1-6(2)8(9)7-3-4-10-5-7;1-6-4-2-3-5-6;1-2/h7-8H,4-6H2,1-3H3;6-7H,3-5H2,1-2H3;2-5H2,1H3;1-2H3. The van der Waals surface area contributed by atoms with Gasteiger partial charge in [0.1, 0.15) is 5.78 Å². The molecule has 3 fully saturated rings. The number of carbonyl (C=O) groups excluding carboxylic acids is 1. The van der Waals surface area contributed by atoms with Crippen molar-refractivity contribution in [2.24, 2.45) is 17.8 Å².